The van der Waals surface area contributed by atoms with Gasteiger partial charge in [0.1, 0.15) is 5.75 Å². The van der Waals surface area contributed by atoms with Crippen LogP contribution in [0, 0.1) is 17.8 Å². The van der Waals surface area contributed by atoms with E-state index >= 15 is 0 Å². The maximum Gasteiger partial charge on any atom is 0.254 e. The molecule has 1 saturated carbocycles. The van der Waals surface area contributed by atoms with Gasteiger partial charge in [0.05, 0.1) is 23.0 Å². The molecule has 3 fully saturated rings. The van der Waals surface area contributed by atoms with Crippen molar-refractivity contribution in [2.24, 2.45) is 17.8 Å². The fourth-order valence-corrected chi connectivity index (χ4v) is 8.55. The monoisotopic (exact) mass is 678 g/mol. The molecule has 0 spiro atoms. The van der Waals surface area contributed by atoms with E-state index in [9.17, 15) is 29.1 Å². The van der Waals surface area contributed by atoms with Gasteiger partial charge in [-0.1, -0.05) is 39.2 Å². The second kappa shape index (κ2) is 9.66. The van der Waals surface area contributed by atoms with Gasteiger partial charge in [-0.3, -0.25) is 33.8 Å². The molecular weight excluding hydrogens is 659 g/mol. The lowest BCUT2D eigenvalue weighted by atomic mass is 9.56. The average Bonchev–Trinajstić information content (AvgIpc) is 3.28. The first-order valence-corrected chi connectivity index (χ1v) is 15.1. The number of phenols is 1. The van der Waals surface area contributed by atoms with Gasteiger partial charge in [0.15, 0.2) is 15.5 Å². The third-order valence-electron chi connectivity index (χ3n) is 8.85. The van der Waals surface area contributed by atoms with Crippen molar-refractivity contribution in [1.29, 1.82) is 0 Å². The number of Topliss-reactive ketones (excluding diaryl/α,β-unsaturated/α-hetero) is 1. The Morgan fingerprint density at radius 2 is 1.71 bits per heavy atom. The van der Waals surface area contributed by atoms with Crippen molar-refractivity contribution in [1.82, 2.24) is 4.90 Å². The summed E-state index contributed by atoms with van der Waals surface area (Å²) in [6.45, 7) is 1.42. The molecule has 1 N–H and O–H groups in total. The number of amides is 4. The number of ketones is 1. The van der Waals surface area contributed by atoms with Crippen LogP contribution < -0.4 is 4.90 Å². The summed E-state index contributed by atoms with van der Waals surface area (Å²) in [6.07, 6.45) is 1.78. The third kappa shape index (κ3) is 3.75. The van der Waals surface area contributed by atoms with Gasteiger partial charge < -0.3 is 5.11 Å². The molecular formula is C29H22BrCl3N2O6. The van der Waals surface area contributed by atoms with E-state index in [2.05, 4.69) is 15.9 Å². The molecule has 6 atom stereocenters. The highest BCUT2D eigenvalue weighted by atomic mass is 79.9. The van der Waals surface area contributed by atoms with Crippen LogP contribution in [-0.2, 0) is 19.2 Å². The molecule has 0 aromatic heterocycles. The SMILES string of the molecule is CC(=O)c1ccc(N2C(=O)[C@H]3[C@H](CC=C4[C@H]3C[C@@]3(Cl)C(=O)N(CBr)C(=O)[C@@]3(Cl)[C@H]4c3cc(Cl)ccc3O)C2=O)cc1. The van der Waals surface area contributed by atoms with Crippen molar-refractivity contribution >= 4 is 85.8 Å². The highest BCUT2D eigenvalue weighted by Gasteiger charge is 2.76. The highest BCUT2D eigenvalue weighted by molar-refractivity contribution is 9.09. The summed E-state index contributed by atoms with van der Waals surface area (Å²) in [6, 6.07) is 10.5. The van der Waals surface area contributed by atoms with Gasteiger partial charge in [-0.2, -0.15) is 0 Å². The number of hydrogen-bond donors (Lipinski definition) is 1. The number of hydrogen-bond acceptors (Lipinski definition) is 6. The lowest BCUT2D eigenvalue weighted by Gasteiger charge is -2.50. The molecule has 2 aromatic rings. The summed E-state index contributed by atoms with van der Waals surface area (Å²) in [4.78, 5) is 64.9. The van der Waals surface area contributed by atoms with E-state index in [4.69, 9.17) is 34.8 Å². The number of benzene rings is 2. The number of halogens is 4. The van der Waals surface area contributed by atoms with Crippen molar-refractivity contribution in [2.75, 3.05) is 10.4 Å². The number of phenolic OH excluding ortho intramolecular Hbond substituents is 1. The van der Waals surface area contributed by atoms with Crippen LogP contribution in [0.25, 0.3) is 0 Å². The van der Waals surface area contributed by atoms with Crippen molar-refractivity contribution in [3.63, 3.8) is 0 Å². The molecule has 0 bridgehead atoms. The summed E-state index contributed by atoms with van der Waals surface area (Å²) in [7, 11) is 0. The zero-order chi connectivity index (χ0) is 29.6. The number of allylic oxidation sites excluding steroid dienone is 2. The first-order chi connectivity index (χ1) is 19.4. The van der Waals surface area contributed by atoms with Gasteiger partial charge in [0, 0.05) is 22.1 Å². The Kier molecular flexibility index (Phi) is 6.69. The fourth-order valence-electron chi connectivity index (χ4n) is 6.95. The Morgan fingerprint density at radius 3 is 2.34 bits per heavy atom. The van der Waals surface area contributed by atoms with E-state index in [1.807, 2.05) is 0 Å². The number of alkyl halides is 3. The first-order valence-electron chi connectivity index (χ1n) is 12.8. The average molecular weight is 681 g/mol. The fraction of sp³-hybridized carbons (Fsp3) is 0.345. The number of nitrogens with zero attached hydrogens (tertiary/aromatic N) is 2. The van der Waals surface area contributed by atoms with Crippen LogP contribution in [0.5, 0.6) is 5.75 Å². The highest BCUT2D eigenvalue weighted by Crippen LogP contribution is 2.66. The Morgan fingerprint density at radius 1 is 1.02 bits per heavy atom. The number of likely N-dealkylation sites (tertiary alicyclic amines) is 1. The lowest BCUT2D eigenvalue weighted by molar-refractivity contribution is -0.138. The second-order valence-corrected chi connectivity index (χ2v) is 13.0. The first kappa shape index (κ1) is 28.4. The second-order valence-electron chi connectivity index (χ2n) is 10.8. The largest absolute Gasteiger partial charge is 0.508 e. The van der Waals surface area contributed by atoms with Crippen molar-refractivity contribution in [3.8, 4) is 5.75 Å². The number of carbonyl (C=O) groups excluding carboxylic acids is 5. The maximum atomic E-state index is 14.0. The maximum absolute atomic E-state index is 14.0. The Balaban J connectivity index is 1.50. The van der Waals surface area contributed by atoms with Gasteiger partial charge in [-0.25, -0.2) is 0 Å². The summed E-state index contributed by atoms with van der Waals surface area (Å²) in [5.74, 6) is -6.19. The van der Waals surface area contributed by atoms with Gasteiger partial charge in [0.2, 0.25) is 11.8 Å². The number of anilines is 1. The smallest absolute Gasteiger partial charge is 0.254 e. The van der Waals surface area contributed by atoms with Crippen LogP contribution in [0.15, 0.2) is 54.1 Å². The van der Waals surface area contributed by atoms with Crippen LogP contribution >= 0.6 is 50.7 Å². The zero-order valence-corrected chi connectivity index (χ0v) is 25.3. The van der Waals surface area contributed by atoms with Gasteiger partial charge in [0.25, 0.3) is 11.8 Å². The van der Waals surface area contributed by atoms with Crippen LogP contribution in [0.2, 0.25) is 5.02 Å². The van der Waals surface area contributed by atoms with Gasteiger partial charge in [-0.05, 0) is 68.1 Å². The van der Waals surface area contributed by atoms with E-state index in [0.29, 0.717) is 16.8 Å². The predicted molar refractivity (Wildman–Crippen MR) is 155 cm³/mol. The molecule has 0 unspecified atom stereocenters. The topological polar surface area (TPSA) is 112 Å². The summed E-state index contributed by atoms with van der Waals surface area (Å²) in [5.41, 5.74) is 1.35. The van der Waals surface area contributed by atoms with E-state index in [1.165, 1.54) is 25.1 Å². The lowest BCUT2D eigenvalue weighted by Crippen LogP contribution is -2.60. The minimum atomic E-state index is -2.04. The van der Waals surface area contributed by atoms with Crippen molar-refractivity contribution in [2.45, 2.75) is 35.4 Å². The molecule has 41 heavy (non-hydrogen) atoms. The third-order valence-corrected chi connectivity index (χ3v) is 11.0. The molecule has 2 aliphatic heterocycles. The standard InChI is InChI=1S/C29H22BrCl3N2O6/c1-13(36)14-2-5-16(6-3-14)35-24(38)18-8-7-17-20(22(18)25(35)39)11-28(32)26(40)34(12-30)27(41)29(28,33)23(17)19-10-15(31)4-9-21(19)37/h2-7,9-10,18,20,22-23,37H,8,11-12H2,1H3/t18-,20+,22-,23+,28+,29-/m0/s1. The molecule has 2 aromatic carbocycles. The molecule has 212 valence electrons. The quantitative estimate of drug-likeness (QED) is 0.157. The molecule has 8 nitrogen and oxygen atoms in total. The van der Waals surface area contributed by atoms with Crippen molar-refractivity contribution in [3.05, 3.63) is 70.3 Å². The van der Waals surface area contributed by atoms with Gasteiger partial charge >= 0.3 is 0 Å². The molecule has 2 saturated heterocycles. The van der Waals surface area contributed by atoms with E-state index in [0.717, 1.165) is 9.80 Å². The normalized spacial score (nSPS) is 32.6. The Hall–Kier alpha value is -2.72. The Bertz CT molecular complexity index is 1600. The minimum absolute atomic E-state index is 0.152. The van der Waals surface area contributed by atoms with E-state index < -0.39 is 57.0 Å². The van der Waals surface area contributed by atoms with Gasteiger partial charge in [-0.15, -0.1) is 23.2 Å². The summed E-state index contributed by atoms with van der Waals surface area (Å²) >= 11 is 23.8. The van der Waals surface area contributed by atoms with Crippen LogP contribution in [0.4, 0.5) is 5.69 Å². The number of rotatable bonds is 4. The number of imide groups is 2. The number of aromatic hydroxyl groups is 1. The van der Waals surface area contributed by atoms with E-state index in [1.54, 1.807) is 30.3 Å². The van der Waals surface area contributed by atoms with Crippen LogP contribution in [0.3, 0.4) is 0 Å². The molecule has 4 amide bonds. The predicted octanol–water partition coefficient (Wildman–Crippen LogP) is 5.16. The summed E-state index contributed by atoms with van der Waals surface area (Å²) < 4.78 is 0. The molecule has 2 aliphatic carbocycles. The van der Waals surface area contributed by atoms with Crippen LogP contribution in [0.1, 0.15) is 41.6 Å². The van der Waals surface area contributed by atoms with E-state index in [-0.39, 0.29) is 40.4 Å². The Labute approximate surface area is 258 Å². The molecule has 0 radical (unpaired) electrons. The van der Waals surface area contributed by atoms with Crippen molar-refractivity contribution < 1.29 is 29.1 Å². The number of carbonyl (C=O) groups is 5. The molecule has 4 aliphatic rings. The molecule has 2 heterocycles. The molecule has 6 rings (SSSR count). The number of fused-ring (bicyclic) bond motifs is 4. The molecule has 12 heteroatoms. The zero-order valence-electron chi connectivity index (χ0n) is 21.4. The van der Waals surface area contributed by atoms with Crippen LogP contribution in [-0.4, -0.2) is 54.6 Å². The summed E-state index contributed by atoms with van der Waals surface area (Å²) in [5, 5.41) is 11.2. The minimum Gasteiger partial charge on any atom is -0.508 e.